The monoisotopic (exact) mass is 219 g/mol. The molecule has 1 amide bonds. The predicted molar refractivity (Wildman–Crippen MR) is 61.5 cm³/mol. The normalized spacial score (nSPS) is 21.9. The molecule has 0 saturated carbocycles. The van der Waals surface area contributed by atoms with Gasteiger partial charge in [0.1, 0.15) is 0 Å². The first kappa shape index (κ1) is 11.1. The van der Waals surface area contributed by atoms with Gasteiger partial charge in [0.15, 0.2) is 0 Å². The fourth-order valence-electron chi connectivity index (χ4n) is 2.23. The second-order valence-electron chi connectivity index (χ2n) is 4.25. The number of rotatable bonds is 3. The molecule has 2 rings (SSSR count). The highest BCUT2D eigenvalue weighted by molar-refractivity contribution is 5.79. The van der Waals surface area contributed by atoms with Crippen molar-refractivity contribution in [1.29, 1.82) is 0 Å². The minimum atomic E-state index is -0.205. The molecule has 1 unspecified atom stereocenters. The SMILES string of the molecule is NC(=O)C1CCCCN1Cc1cccnc1. The van der Waals surface area contributed by atoms with Crippen molar-refractivity contribution in [2.24, 2.45) is 5.73 Å². The van der Waals surface area contributed by atoms with Crippen molar-refractivity contribution in [3.63, 3.8) is 0 Å². The maximum atomic E-state index is 11.3. The molecule has 0 aromatic carbocycles. The van der Waals surface area contributed by atoms with Gasteiger partial charge in [-0.05, 0) is 31.0 Å². The quantitative estimate of drug-likeness (QED) is 0.822. The minimum absolute atomic E-state index is 0.103. The fourth-order valence-corrected chi connectivity index (χ4v) is 2.23. The number of nitrogens with zero attached hydrogens (tertiary/aromatic N) is 2. The van der Waals surface area contributed by atoms with E-state index in [1.165, 1.54) is 0 Å². The molecule has 1 fully saturated rings. The third kappa shape index (κ3) is 2.58. The molecule has 0 aliphatic carbocycles. The summed E-state index contributed by atoms with van der Waals surface area (Å²) in [6, 6.07) is 3.84. The van der Waals surface area contributed by atoms with Gasteiger partial charge >= 0.3 is 0 Å². The number of pyridine rings is 1. The van der Waals surface area contributed by atoms with Crippen LogP contribution in [0.1, 0.15) is 24.8 Å². The second kappa shape index (κ2) is 5.07. The summed E-state index contributed by atoms with van der Waals surface area (Å²) in [6.07, 6.45) is 6.72. The maximum absolute atomic E-state index is 11.3. The Labute approximate surface area is 95.5 Å². The summed E-state index contributed by atoms with van der Waals surface area (Å²) < 4.78 is 0. The molecule has 1 aromatic rings. The molecule has 1 aromatic heterocycles. The number of primary amides is 1. The number of aromatic nitrogens is 1. The highest BCUT2D eigenvalue weighted by atomic mass is 16.1. The summed E-state index contributed by atoms with van der Waals surface area (Å²) in [5.41, 5.74) is 6.55. The minimum Gasteiger partial charge on any atom is -0.368 e. The molecule has 1 atom stereocenters. The van der Waals surface area contributed by atoms with Crippen molar-refractivity contribution >= 4 is 5.91 Å². The van der Waals surface area contributed by atoms with Crippen LogP contribution in [0.15, 0.2) is 24.5 Å². The molecule has 4 nitrogen and oxygen atoms in total. The lowest BCUT2D eigenvalue weighted by molar-refractivity contribution is -0.124. The summed E-state index contributed by atoms with van der Waals surface area (Å²) in [7, 11) is 0. The van der Waals surface area contributed by atoms with Crippen LogP contribution in [0.2, 0.25) is 0 Å². The van der Waals surface area contributed by atoms with E-state index in [0.29, 0.717) is 0 Å². The third-order valence-electron chi connectivity index (χ3n) is 3.05. The van der Waals surface area contributed by atoms with Gasteiger partial charge in [0.25, 0.3) is 0 Å². The zero-order valence-electron chi connectivity index (χ0n) is 9.30. The second-order valence-corrected chi connectivity index (χ2v) is 4.25. The van der Waals surface area contributed by atoms with E-state index in [0.717, 1.165) is 37.9 Å². The number of amides is 1. The van der Waals surface area contributed by atoms with Crippen LogP contribution in [-0.2, 0) is 11.3 Å². The van der Waals surface area contributed by atoms with Gasteiger partial charge in [-0.25, -0.2) is 0 Å². The van der Waals surface area contributed by atoms with Gasteiger partial charge in [0.05, 0.1) is 6.04 Å². The van der Waals surface area contributed by atoms with Crippen LogP contribution in [0, 0.1) is 0 Å². The molecular formula is C12H17N3O. The Kier molecular flexibility index (Phi) is 3.51. The number of carbonyl (C=O) groups excluding carboxylic acids is 1. The molecule has 1 aliphatic rings. The number of nitrogens with two attached hydrogens (primary N) is 1. The summed E-state index contributed by atoms with van der Waals surface area (Å²) in [5.74, 6) is -0.205. The Morgan fingerprint density at radius 2 is 2.44 bits per heavy atom. The molecular weight excluding hydrogens is 202 g/mol. The van der Waals surface area contributed by atoms with Crippen LogP contribution in [0.25, 0.3) is 0 Å². The van der Waals surface area contributed by atoms with Crippen molar-refractivity contribution in [3.8, 4) is 0 Å². The van der Waals surface area contributed by atoms with Crippen LogP contribution in [0.5, 0.6) is 0 Å². The van der Waals surface area contributed by atoms with Gasteiger partial charge < -0.3 is 5.73 Å². The van der Waals surface area contributed by atoms with Crippen molar-refractivity contribution < 1.29 is 4.79 Å². The van der Waals surface area contributed by atoms with Crippen molar-refractivity contribution in [3.05, 3.63) is 30.1 Å². The summed E-state index contributed by atoms with van der Waals surface area (Å²) in [6.45, 7) is 1.71. The third-order valence-corrected chi connectivity index (χ3v) is 3.05. The number of hydrogen-bond acceptors (Lipinski definition) is 3. The Hall–Kier alpha value is -1.42. The predicted octanol–water partition coefficient (Wildman–Crippen LogP) is 0.921. The lowest BCUT2D eigenvalue weighted by Gasteiger charge is -2.33. The smallest absolute Gasteiger partial charge is 0.234 e. The summed E-state index contributed by atoms with van der Waals surface area (Å²) >= 11 is 0. The van der Waals surface area contributed by atoms with Crippen LogP contribution in [0.3, 0.4) is 0 Å². The van der Waals surface area contributed by atoms with E-state index < -0.39 is 0 Å². The molecule has 86 valence electrons. The fraction of sp³-hybridized carbons (Fsp3) is 0.500. The maximum Gasteiger partial charge on any atom is 0.234 e. The zero-order valence-corrected chi connectivity index (χ0v) is 9.30. The van der Waals surface area contributed by atoms with Gasteiger partial charge in [-0.3, -0.25) is 14.7 Å². The molecule has 16 heavy (non-hydrogen) atoms. The first-order valence-corrected chi connectivity index (χ1v) is 5.69. The largest absolute Gasteiger partial charge is 0.368 e. The molecule has 2 N–H and O–H groups in total. The molecule has 1 aliphatic heterocycles. The van der Waals surface area contributed by atoms with Crippen molar-refractivity contribution in [2.75, 3.05) is 6.54 Å². The Morgan fingerprint density at radius 1 is 1.56 bits per heavy atom. The van der Waals surface area contributed by atoms with Crippen LogP contribution in [-0.4, -0.2) is 28.4 Å². The topological polar surface area (TPSA) is 59.2 Å². The average molecular weight is 219 g/mol. The van der Waals surface area contributed by atoms with Crippen molar-refractivity contribution in [1.82, 2.24) is 9.88 Å². The Morgan fingerprint density at radius 3 is 3.12 bits per heavy atom. The van der Waals surface area contributed by atoms with E-state index in [9.17, 15) is 4.79 Å². The van der Waals surface area contributed by atoms with E-state index >= 15 is 0 Å². The highest BCUT2D eigenvalue weighted by Crippen LogP contribution is 2.18. The summed E-state index contributed by atoms with van der Waals surface area (Å²) in [4.78, 5) is 17.6. The molecule has 0 spiro atoms. The van der Waals surface area contributed by atoms with Gasteiger partial charge in [-0.2, -0.15) is 0 Å². The molecule has 0 radical (unpaired) electrons. The van der Waals surface area contributed by atoms with Gasteiger partial charge in [0.2, 0.25) is 5.91 Å². The van der Waals surface area contributed by atoms with E-state index in [1.54, 1.807) is 6.20 Å². The Balaban J connectivity index is 2.04. The molecule has 0 bridgehead atoms. The Bertz CT molecular complexity index is 353. The van der Waals surface area contributed by atoms with Crippen molar-refractivity contribution in [2.45, 2.75) is 31.8 Å². The number of carbonyl (C=O) groups is 1. The number of hydrogen-bond donors (Lipinski definition) is 1. The average Bonchev–Trinajstić information content (AvgIpc) is 2.31. The molecule has 2 heterocycles. The summed E-state index contributed by atoms with van der Waals surface area (Å²) in [5, 5.41) is 0. The lowest BCUT2D eigenvalue weighted by Crippen LogP contribution is -2.47. The van der Waals surface area contributed by atoms with E-state index in [4.69, 9.17) is 5.73 Å². The van der Waals surface area contributed by atoms with Crippen LogP contribution < -0.4 is 5.73 Å². The molecule has 1 saturated heterocycles. The highest BCUT2D eigenvalue weighted by Gasteiger charge is 2.26. The van der Waals surface area contributed by atoms with Gasteiger partial charge in [-0.1, -0.05) is 12.5 Å². The van der Waals surface area contributed by atoms with E-state index in [1.807, 2.05) is 18.3 Å². The lowest BCUT2D eigenvalue weighted by atomic mass is 10.0. The van der Waals surface area contributed by atoms with Crippen LogP contribution >= 0.6 is 0 Å². The van der Waals surface area contributed by atoms with E-state index in [2.05, 4.69) is 9.88 Å². The first-order valence-electron chi connectivity index (χ1n) is 5.69. The van der Waals surface area contributed by atoms with Gasteiger partial charge in [-0.15, -0.1) is 0 Å². The number of likely N-dealkylation sites (tertiary alicyclic amines) is 1. The van der Waals surface area contributed by atoms with Crippen LogP contribution in [0.4, 0.5) is 0 Å². The number of piperidine rings is 1. The van der Waals surface area contributed by atoms with Gasteiger partial charge in [0, 0.05) is 18.9 Å². The standard InChI is InChI=1S/C12H17N3O/c13-12(16)11-5-1-2-7-15(11)9-10-4-3-6-14-8-10/h3-4,6,8,11H,1-2,5,7,9H2,(H2,13,16). The molecule has 4 heteroatoms. The first-order chi connectivity index (χ1) is 7.77. The zero-order chi connectivity index (χ0) is 11.4. The van der Waals surface area contributed by atoms with E-state index in [-0.39, 0.29) is 11.9 Å².